The zero-order chi connectivity index (χ0) is 18.3. The number of nitrogens with zero attached hydrogens (tertiary/aromatic N) is 2. The normalized spacial score (nSPS) is 20.6. The van der Waals surface area contributed by atoms with Crippen LogP contribution in [0.5, 0.6) is 0 Å². The summed E-state index contributed by atoms with van der Waals surface area (Å²) in [6.45, 7) is 4.25. The van der Waals surface area contributed by atoms with Gasteiger partial charge in [0.25, 0.3) is 5.91 Å². The lowest BCUT2D eigenvalue weighted by atomic mass is 9.73. The second-order valence-electron chi connectivity index (χ2n) is 7.94. The van der Waals surface area contributed by atoms with Gasteiger partial charge in [0.05, 0.1) is 5.56 Å². The van der Waals surface area contributed by atoms with E-state index in [1.807, 2.05) is 48.0 Å². The Morgan fingerprint density at radius 2 is 1.85 bits per heavy atom. The van der Waals surface area contributed by atoms with Crippen LogP contribution < -0.4 is 0 Å². The minimum absolute atomic E-state index is 0.0571. The lowest BCUT2D eigenvalue weighted by molar-refractivity contribution is -0.129. The van der Waals surface area contributed by atoms with Crippen LogP contribution in [-0.2, 0) is 4.79 Å². The zero-order valence-corrected chi connectivity index (χ0v) is 15.6. The molecule has 0 aliphatic carbocycles. The van der Waals surface area contributed by atoms with Crippen LogP contribution in [0.2, 0.25) is 0 Å². The summed E-state index contributed by atoms with van der Waals surface area (Å²) in [5.74, 6) is 1.13. The maximum Gasteiger partial charge on any atom is 0.257 e. The van der Waals surface area contributed by atoms with Crippen molar-refractivity contribution in [3.05, 3.63) is 35.6 Å². The molecular formula is C21H26N2O3. The summed E-state index contributed by atoms with van der Waals surface area (Å²) in [6.07, 6.45) is 4.59. The van der Waals surface area contributed by atoms with E-state index in [0.29, 0.717) is 17.6 Å². The number of hydrogen-bond donors (Lipinski definition) is 0. The molecule has 0 saturated carbocycles. The average molecular weight is 354 g/mol. The summed E-state index contributed by atoms with van der Waals surface area (Å²) in [5, 5.41) is 0.979. The SMILES string of the molecule is Cc1cc2cccc(C(=O)N3CCC4(CCC(=O)N(C)CC4)CC3)c2o1. The number of likely N-dealkylation sites (tertiary alicyclic amines) is 2. The van der Waals surface area contributed by atoms with E-state index in [-0.39, 0.29) is 17.2 Å². The van der Waals surface area contributed by atoms with E-state index in [1.54, 1.807) is 0 Å². The van der Waals surface area contributed by atoms with E-state index >= 15 is 0 Å². The predicted molar refractivity (Wildman–Crippen MR) is 100 cm³/mol. The Balaban J connectivity index is 1.49. The molecule has 0 bridgehead atoms. The van der Waals surface area contributed by atoms with Crippen molar-refractivity contribution in [3.63, 3.8) is 0 Å². The minimum Gasteiger partial charge on any atom is -0.461 e. The molecule has 1 aromatic heterocycles. The molecule has 1 spiro atoms. The summed E-state index contributed by atoms with van der Waals surface area (Å²) in [4.78, 5) is 28.9. The first-order valence-electron chi connectivity index (χ1n) is 9.50. The van der Waals surface area contributed by atoms with Crippen LogP contribution in [0.25, 0.3) is 11.0 Å². The predicted octanol–water partition coefficient (Wildman–Crippen LogP) is 3.61. The molecular weight excluding hydrogens is 328 g/mol. The number of carbonyl (C=O) groups excluding carboxylic acids is 2. The van der Waals surface area contributed by atoms with Gasteiger partial charge in [0.1, 0.15) is 11.3 Å². The molecule has 2 aliphatic rings. The van der Waals surface area contributed by atoms with Gasteiger partial charge in [-0.25, -0.2) is 0 Å². The van der Waals surface area contributed by atoms with Crippen molar-refractivity contribution in [2.75, 3.05) is 26.7 Å². The molecule has 0 N–H and O–H groups in total. The van der Waals surface area contributed by atoms with Gasteiger partial charge in [0.15, 0.2) is 0 Å². The largest absolute Gasteiger partial charge is 0.461 e. The Bertz CT molecular complexity index is 846. The van der Waals surface area contributed by atoms with Crippen molar-refractivity contribution in [2.45, 2.75) is 39.0 Å². The lowest BCUT2D eigenvalue weighted by Crippen LogP contribution is -2.43. The third-order valence-corrected chi connectivity index (χ3v) is 6.28. The Kier molecular flexibility index (Phi) is 4.25. The number of furan rings is 1. The molecule has 2 saturated heterocycles. The molecule has 0 atom stereocenters. The van der Waals surface area contributed by atoms with Crippen LogP contribution in [0.4, 0.5) is 0 Å². The first kappa shape index (κ1) is 17.1. The van der Waals surface area contributed by atoms with Gasteiger partial charge in [0, 0.05) is 38.5 Å². The molecule has 2 aliphatic heterocycles. The number of hydrogen-bond acceptors (Lipinski definition) is 3. The highest BCUT2D eigenvalue weighted by molar-refractivity contribution is 6.05. The fourth-order valence-electron chi connectivity index (χ4n) is 4.43. The molecule has 2 amide bonds. The van der Waals surface area contributed by atoms with Crippen LogP contribution in [0.1, 0.15) is 48.2 Å². The lowest BCUT2D eigenvalue weighted by Gasteiger charge is -2.41. The van der Waals surface area contributed by atoms with Gasteiger partial charge in [-0.2, -0.15) is 0 Å². The number of amides is 2. The molecule has 26 heavy (non-hydrogen) atoms. The van der Waals surface area contributed by atoms with E-state index in [9.17, 15) is 9.59 Å². The second-order valence-corrected chi connectivity index (χ2v) is 7.94. The first-order valence-corrected chi connectivity index (χ1v) is 9.50. The van der Waals surface area contributed by atoms with Crippen LogP contribution >= 0.6 is 0 Å². The number of fused-ring (bicyclic) bond motifs is 1. The number of piperidine rings is 1. The fraction of sp³-hybridized carbons (Fsp3) is 0.524. The van der Waals surface area contributed by atoms with Gasteiger partial charge in [-0.15, -0.1) is 0 Å². The maximum atomic E-state index is 13.1. The molecule has 2 fully saturated rings. The van der Waals surface area contributed by atoms with Gasteiger partial charge >= 0.3 is 0 Å². The van der Waals surface area contributed by atoms with Crippen LogP contribution in [0.3, 0.4) is 0 Å². The molecule has 138 valence electrons. The standard InChI is InChI=1S/C21H26N2O3/c1-15-14-16-4-3-5-17(19(16)26-15)20(25)23-12-9-21(10-13-23)7-6-18(24)22(2)11-8-21/h3-5,14H,6-13H2,1-2H3. The van der Waals surface area contributed by atoms with Gasteiger partial charge in [0.2, 0.25) is 5.91 Å². The third kappa shape index (κ3) is 3.00. The smallest absolute Gasteiger partial charge is 0.257 e. The Labute approximate surface area is 153 Å². The van der Waals surface area contributed by atoms with Crippen molar-refractivity contribution in [2.24, 2.45) is 5.41 Å². The summed E-state index contributed by atoms with van der Waals surface area (Å²) in [7, 11) is 1.89. The Morgan fingerprint density at radius 1 is 1.12 bits per heavy atom. The van der Waals surface area contributed by atoms with Gasteiger partial charge in [-0.05, 0) is 50.2 Å². The number of benzene rings is 1. The van der Waals surface area contributed by atoms with E-state index in [1.165, 1.54) is 0 Å². The molecule has 4 rings (SSSR count). The van der Waals surface area contributed by atoms with Crippen molar-refractivity contribution in [1.82, 2.24) is 9.80 Å². The number of rotatable bonds is 1. The highest BCUT2D eigenvalue weighted by atomic mass is 16.3. The van der Waals surface area contributed by atoms with E-state index in [2.05, 4.69) is 0 Å². The monoisotopic (exact) mass is 354 g/mol. The summed E-state index contributed by atoms with van der Waals surface area (Å²) < 4.78 is 5.77. The molecule has 3 heterocycles. The van der Waals surface area contributed by atoms with Crippen LogP contribution in [0, 0.1) is 12.3 Å². The molecule has 2 aromatic rings. The van der Waals surface area contributed by atoms with Crippen molar-refractivity contribution in [1.29, 1.82) is 0 Å². The van der Waals surface area contributed by atoms with Gasteiger partial charge < -0.3 is 14.2 Å². The molecule has 1 aromatic carbocycles. The Morgan fingerprint density at radius 3 is 2.62 bits per heavy atom. The fourth-order valence-corrected chi connectivity index (χ4v) is 4.43. The number of aryl methyl sites for hydroxylation is 1. The first-order chi connectivity index (χ1) is 12.5. The van der Waals surface area contributed by atoms with Gasteiger partial charge in [-0.1, -0.05) is 12.1 Å². The van der Waals surface area contributed by atoms with Crippen LogP contribution in [0.15, 0.2) is 28.7 Å². The molecule has 5 nitrogen and oxygen atoms in total. The summed E-state index contributed by atoms with van der Waals surface area (Å²) in [6, 6.07) is 7.73. The van der Waals surface area contributed by atoms with Crippen molar-refractivity contribution < 1.29 is 14.0 Å². The van der Waals surface area contributed by atoms with Gasteiger partial charge in [-0.3, -0.25) is 9.59 Å². The average Bonchev–Trinajstić information content (AvgIpc) is 2.98. The summed E-state index contributed by atoms with van der Waals surface area (Å²) in [5.41, 5.74) is 1.56. The number of para-hydroxylation sites is 1. The molecule has 5 heteroatoms. The quantitative estimate of drug-likeness (QED) is 0.786. The topological polar surface area (TPSA) is 53.8 Å². The van der Waals surface area contributed by atoms with E-state index in [4.69, 9.17) is 4.42 Å². The van der Waals surface area contributed by atoms with Crippen molar-refractivity contribution >= 4 is 22.8 Å². The highest BCUT2D eigenvalue weighted by Gasteiger charge is 2.38. The highest BCUT2D eigenvalue weighted by Crippen LogP contribution is 2.41. The third-order valence-electron chi connectivity index (χ3n) is 6.28. The number of carbonyl (C=O) groups is 2. The maximum absolute atomic E-state index is 13.1. The van der Waals surface area contributed by atoms with Crippen LogP contribution in [-0.4, -0.2) is 48.3 Å². The van der Waals surface area contributed by atoms with Crippen molar-refractivity contribution in [3.8, 4) is 0 Å². The second kappa shape index (κ2) is 6.45. The van der Waals surface area contributed by atoms with E-state index in [0.717, 1.165) is 56.5 Å². The minimum atomic E-state index is 0.0571. The molecule has 0 radical (unpaired) electrons. The van der Waals surface area contributed by atoms with E-state index < -0.39 is 0 Å². The zero-order valence-electron chi connectivity index (χ0n) is 15.6. The molecule has 0 unspecified atom stereocenters. The Hall–Kier alpha value is -2.30. The summed E-state index contributed by atoms with van der Waals surface area (Å²) >= 11 is 0.